The van der Waals surface area contributed by atoms with Crippen molar-refractivity contribution in [3.63, 3.8) is 0 Å². The molecule has 1 heterocycles. The highest BCUT2D eigenvalue weighted by Gasteiger charge is 2.17. The second kappa shape index (κ2) is 5.92. The molecule has 3 N–H and O–H groups in total. The van der Waals surface area contributed by atoms with Gasteiger partial charge in [-0.05, 0) is 31.0 Å². The molecule has 0 fully saturated rings. The molecule has 0 unspecified atom stereocenters. The van der Waals surface area contributed by atoms with Crippen molar-refractivity contribution in [2.24, 2.45) is 0 Å². The lowest BCUT2D eigenvalue weighted by atomic mass is 10.2. The molecule has 6 heteroatoms. The molecule has 0 aliphatic carbocycles. The molecule has 1 aromatic heterocycles. The summed E-state index contributed by atoms with van der Waals surface area (Å²) in [5.41, 5.74) is 2.10. The molecule has 106 valence electrons. The molecule has 0 aliphatic heterocycles. The average molecular weight is 292 g/mol. The Morgan fingerprint density at radius 3 is 2.85 bits per heavy atom. The molecule has 20 heavy (non-hydrogen) atoms. The Hall–Kier alpha value is -2.08. The van der Waals surface area contributed by atoms with Crippen LogP contribution in [0, 0.1) is 6.92 Å². The van der Waals surface area contributed by atoms with Crippen LogP contribution in [0.25, 0.3) is 0 Å². The molecule has 0 bridgehead atoms. The highest BCUT2D eigenvalue weighted by molar-refractivity contribution is 7.17. The normalized spacial score (nSPS) is 10.5. The number of aromatic carboxylic acids is 1. The zero-order valence-corrected chi connectivity index (χ0v) is 12.1. The van der Waals surface area contributed by atoms with Crippen LogP contribution in [0.1, 0.15) is 34.3 Å². The van der Waals surface area contributed by atoms with Crippen molar-refractivity contribution in [1.29, 1.82) is 0 Å². The van der Waals surface area contributed by atoms with E-state index in [9.17, 15) is 9.90 Å². The van der Waals surface area contributed by atoms with Crippen molar-refractivity contribution in [3.8, 4) is 5.75 Å². The van der Waals surface area contributed by atoms with Crippen molar-refractivity contribution in [1.82, 2.24) is 4.98 Å². The maximum atomic E-state index is 11.2. The van der Waals surface area contributed by atoms with E-state index < -0.39 is 5.97 Å². The van der Waals surface area contributed by atoms with E-state index in [1.54, 1.807) is 18.2 Å². The Morgan fingerprint density at radius 1 is 1.45 bits per heavy atom. The molecule has 0 saturated carbocycles. The lowest BCUT2D eigenvalue weighted by Gasteiger charge is -2.06. The number of hydrogen-bond acceptors (Lipinski definition) is 5. The van der Waals surface area contributed by atoms with Gasteiger partial charge in [0.1, 0.15) is 10.6 Å². The summed E-state index contributed by atoms with van der Waals surface area (Å²) in [6, 6.07) is 5.18. The van der Waals surface area contributed by atoms with Gasteiger partial charge >= 0.3 is 5.97 Å². The number of carboxylic acid groups (broad SMARTS) is 1. The van der Waals surface area contributed by atoms with Crippen LogP contribution < -0.4 is 5.32 Å². The molecule has 0 saturated heterocycles. The largest absolute Gasteiger partial charge is 0.506 e. The van der Waals surface area contributed by atoms with Gasteiger partial charge in [0, 0.05) is 0 Å². The number of nitrogens with one attached hydrogen (secondary N) is 1. The Morgan fingerprint density at radius 2 is 2.20 bits per heavy atom. The van der Waals surface area contributed by atoms with E-state index in [0.29, 0.717) is 22.9 Å². The Kier molecular flexibility index (Phi) is 4.24. The summed E-state index contributed by atoms with van der Waals surface area (Å²) >= 11 is 1.08. The van der Waals surface area contributed by atoms with Gasteiger partial charge < -0.3 is 15.5 Å². The first kappa shape index (κ1) is 14.3. The SMILES string of the molecule is CCCc1nc(Nc2cc(C)ccc2O)sc1C(=O)O. The third kappa shape index (κ3) is 3.08. The number of nitrogens with zero attached hydrogens (tertiary/aromatic N) is 1. The van der Waals surface area contributed by atoms with Crippen LogP contribution in [-0.4, -0.2) is 21.2 Å². The van der Waals surface area contributed by atoms with Crippen LogP contribution in [0.2, 0.25) is 0 Å². The maximum absolute atomic E-state index is 11.2. The molecule has 2 rings (SSSR count). The number of benzene rings is 1. The van der Waals surface area contributed by atoms with Crippen molar-refractivity contribution in [2.45, 2.75) is 26.7 Å². The van der Waals surface area contributed by atoms with Gasteiger partial charge in [0.05, 0.1) is 11.4 Å². The van der Waals surface area contributed by atoms with Gasteiger partial charge in [-0.15, -0.1) is 0 Å². The Balaban J connectivity index is 2.31. The number of thiazole rings is 1. The first-order valence-corrected chi connectivity index (χ1v) is 7.12. The highest BCUT2D eigenvalue weighted by atomic mass is 32.1. The molecule has 0 aliphatic rings. The second-order valence-corrected chi connectivity index (χ2v) is 5.49. The van der Waals surface area contributed by atoms with Crippen LogP contribution >= 0.6 is 11.3 Å². The number of rotatable bonds is 5. The number of carboxylic acids is 1. The molecule has 0 amide bonds. The first-order valence-electron chi connectivity index (χ1n) is 6.31. The average Bonchev–Trinajstić information content (AvgIpc) is 2.77. The molecule has 0 atom stereocenters. The zero-order valence-electron chi connectivity index (χ0n) is 11.3. The molecular formula is C14H16N2O3S. The van der Waals surface area contributed by atoms with E-state index in [2.05, 4.69) is 10.3 Å². The summed E-state index contributed by atoms with van der Waals surface area (Å²) in [6.07, 6.45) is 1.46. The topological polar surface area (TPSA) is 82.5 Å². The number of hydrogen-bond donors (Lipinski definition) is 3. The molecule has 5 nitrogen and oxygen atoms in total. The van der Waals surface area contributed by atoms with E-state index in [1.807, 2.05) is 13.8 Å². The van der Waals surface area contributed by atoms with Crippen molar-refractivity contribution >= 4 is 28.1 Å². The third-order valence-electron chi connectivity index (χ3n) is 2.77. The lowest BCUT2D eigenvalue weighted by Crippen LogP contribution is -1.98. The van der Waals surface area contributed by atoms with Crippen LogP contribution in [0.5, 0.6) is 5.75 Å². The van der Waals surface area contributed by atoms with Crippen molar-refractivity contribution in [3.05, 3.63) is 34.3 Å². The molecular weight excluding hydrogens is 276 g/mol. The number of aromatic hydroxyl groups is 1. The summed E-state index contributed by atoms with van der Waals surface area (Å²) in [4.78, 5) is 15.7. The summed E-state index contributed by atoms with van der Waals surface area (Å²) in [5.74, 6) is -0.854. The minimum absolute atomic E-state index is 0.111. The van der Waals surface area contributed by atoms with E-state index >= 15 is 0 Å². The van der Waals surface area contributed by atoms with Gasteiger partial charge in [-0.3, -0.25) is 0 Å². The predicted octanol–water partition coefficient (Wildman–Crippen LogP) is 3.55. The fourth-order valence-corrected chi connectivity index (χ4v) is 2.71. The standard InChI is InChI=1S/C14H16N2O3S/c1-3-4-9-12(13(18)19)20-14(15-9)16-10-7-8(2)5-6-11(10)17/h5-7,17H,3-4H2,1-2H3,(H,15,16)(H,18,19). The van der Waals surface area contributed by atoms with Gasteiger partial charge in [0.25, 0.3) is 0 Å². The monoisotopic (exact) mass is 292 g/mol. The quantitative estimate of drug-likeness (QED) is 0.734. The van der Waals surface area contributed by atoms with E-state index in [4.69, 9.17) is 5.11 Å². The van der Waals surface area contributed by atoms with Gasteiger partial charge in [-0.1, -0.05) is 30.7 Å². The highest BCUT2D eigenvalue weighted by Crippen LogP contribution is 2.31. The fraction of sp³-hybridized carbons (Fsp3) is 0.286. The van der Waals surface area contributed by atoms with Gasteiger partial charge in [0.2, 0.25) is 0 Å². The smallest absolute Gasteiger partial charge is 0.347 e. The summed E-state index contributed by atoms with van der Waals surface area (Å²) < 4.78 is 0. The van der Waals surface area contributed by atoms with Crippen molar-refractivity contribution in [2.75, 3.05) is 5.32 Å². The van der Waals surface area contributed by atoms with E-state index in [1.165, 1.54) is 0 Å². The Labute approximate surface area is 120 Å². The summed E-state index contributed by atoms with van der Waals surface area (Å²) in [5, 5.41) is 22.4. The Bertz CT molecular complexity index is 637. The first-order chi connectivity index (χ1) is 9.51. The van der Waals surface area contributed by atoms with E-state index in [-0.39, 0.29) is 10.6 Å². The van der Waals surface area contributed by atoms with Gasteiger partial charge in [-0.25, -0.2) is 9.78 Å². The second-order valence-electron chi connectivity index (χ2n) is 4.50. The number of aromatic nitrogens is 1. The predicted molar refractivity (Wildman–Crippen MR) is 79.2 cm³/mol. The van der Waals surface area contributed by atoms with Crippen LogP contribution in [-0.2, 0) is 6.42 Å². The van der Waals surface area contributed by atoms with Gasteiger partial charge in [0.15, 0.2) is 5.13 Å². The number of carbonyl (C=O) groups is 1. The fourth-order valence-electron chi connectivity index (χ4n) is 1.84. The molecule has 1 aromatic carbocycles. The van der Waals surface area contributed by atoms with Crippen LogP contribution in [0.3, 0.4) is 0 Å². The number of phenolic OH excluding ortho intramolecular Hbond substituents is 1. The zero-order chi connectivity index (χ0) is 14.7. The minimum Gasteiger partial charge on any atom is -0.506 e. The summed E-state index contributed by atoms with van der Waals surface area (Å²) in [6.45, 7) is 3.89. The number of phenols is 1. The van der Waals surface area contributed by atoms with Crippen LogP contribution in [0.15, 0.2) is 18.2 Å². The van der Waals surface area contributed by atoms with E-state index in [0.717, 1.165) is 23.3 Å². The van der Waals surface area contributed by atoms with Crippen LogP contribution in [0.4, 0.5) is 10.8 Å². The molecule has 0 spiro atoms. The number of aryl methyl sites for hydroxylation is 2. The maximum Gasteiger partial charge on any atom is 0.347 e. The molecule has 0 radical (unpaired) electrons. The minimum atomic E-state index is -0.965. The third-order valence-corrected chi connectivity index (χ3v) is 3.77. The summed E-state index contributed by atoms with van der Waals surface area (Å²) in [7, 11) is 0. The molecule has 2 aromatic rings. The number of anilines is 2. The van der Waals surface area contributed by atoms with Crippen molar-refractivity contribution < 1.29 is 15.0 Å². The van der Waals surface area contributed by atoms with Gasteiger partial charge in [-0.2, -0.15) is 0 Å². The lowest BCUT2D eigenvalue weighted by molar-refractivity contribution is 0.0700.